The lowest BCUT2D eigenvalue weighted by Gasteiger charge is -2.35. The predicted octanol–water partition coefficient (Wildman–Crippen LogP) is 4.75. The molecular formula is C24H29BrN2O3S. The van der Waals surface area contributed by atoms with Crippen molar-refractivity contribution in [3.63, 3.8) is 0 Å². The van der Waals surface area contributed by atoms with Gasteiger partial charge >= 0.3 is 0 Å². The summed E-state index contributed by atoms with van der Waals surface area (Å²) in [5.41, 5.74) is 4.68. The van der Waals surface area contributed by atoms with Crippen LogP contribution in [0.1, 0.15) is 42.0 Å². The first-order chi connectivity index (χ1) is 14.6. The van der Waals surface area contributed by atoms with Crippen LogP contribution in [0.25, 0.3) is 0 Å². The number of sulfonamides is 1. The SMILES string of the molecule is Cc1cc(C)c(S(=O)(=O)N2CCC[C@H](C(=O)N3c4ccc(Br)cc4C[C@H]3C)C2)c(C)c1. The summed E-state index contributed by atoms with van der Waals surface area (Å²) in [6.45, 7) is 8.42. The van der Waals surface area contributed by atoms with Crippen LogP contribution in [-0.2, 0) is 21.2 Å². The van der Waals surface area contributed by atoms with Crippen LogP contribution < -0.4 is 4.90 Å². The Morgan fingerprint density at radius 1 is 1.10 bits per heavy atom. The van der Waals surface area contributed by atoms with Gasteiger partial charge in [0.25, 0.3) is 0 Å². The Balaban J connectivity index is 1.60. The molecule has 5 nitrogen and oxygen atoms in total. The lowest BCUT2D eigenvalue weighted by Crippen LogP contribution is -2.48. The maximum absolute atomic E-state index is 13.5. The van der Waals surface area contributed by atoms with Crippen molar-refractivity contribution in [3.05, 3.63) is 57.1 Å². The number of carbonyl (C=O) groups excluding carboxylic acids is 1. The standard InChI is InChI=1S/C24H29BrN2O3S/c1-15-10-16(2)23(17(3)11-15)31(29,30)26-9-5-6-19(14-26)24(28)27-18(4)12-20-13-21(25)7-8-22(20)27/h7-8,10-11,13,18-19H,5-6,9,12,14H2,1-4H3/t18-,19+/m1/s1. The van der Waals surface area contributed by atoms with Crippen LogP contribution in [-0.4, -0.2) is 37.8 Å². The Labute approximate surface area is 193 Å². The number of hydrogen-bond acceptors (Lipinski definition) is 3. The number of amides is 1. The maximum Gasteiger partial charge on any atom is 0.243 e. The van der Waals surface area contributed by atoms with Gasteiger partial charge < -0.3 is 4.90 Å². The van der Waals surface area contributed by atoms with E-state index in [0.717, 1.165) is 38.8 Å². The van der Waals surface area contributed by atoms with Crippen LogP contribution in [0.15, 0.2) is 39.7 Å². The number of nitrogens with zero attached hydrogens (tertiary/aromatic N) is 2. The number of aryl methyl sites for hydroxylation is 3. The molecule has 2 aliphatic heterocycles. The number of fused-ring (bicyclic) bond motifs is 1. The molecule has 1 saturated heterocycles. The van der Waals surface area contributed by atoms with E-state index < -0.39 is 10.0 Å². The van der Waals surface area contributed by atoms with Gasteiger partial charge in [-0.05, 0) is 81.8 Å². The van der Waals surface area contributed by atoms with Crippen molar-refractivity contribution in [2.45, 2.75) is 57.9 Å². The first-order valence-electron chi connectivity index (χ1n) is 10.8. The minimum absolute atomic E-state index is 0.0332. The third-order valence-corrected chi connectivity index (χ3v) is 9.10. The minimum Gasteiger partial charge on any atom is -0.309 e. The summed E-state index contributed by atoms with van der Waals surface area (Å²) in [6.07, 6.45) is 2.22. The van der Waals surface area contributed by atoms with E-state index in [0.29, 0.717) is 24.3 Å². The number of hydrogen-bond donors (Lipinski definition) is 0. The van der Waals surface area contributed by atoms with E-state index in [1.807, 2.05) is 49.9 Å². The molecule has 4 rings (SSSR count). The first-order valence-corrected chi connectivity index (χ1v) is 13.0. The number of piperidine rings is 1. The lowest BCUT2D eigenvalue weighted by atomic mass is 9.97. The molecule has 2 aromatic carbocycles. The molecule has 2 aromatic rings. The highest BCUT2D eigenvalue weighted by molar-refractivity contribution is 9.10. The quantitative estimate of drug-likeness (QED) is 0.605. The molecule has 0 unspecified atom stereocenters. The molecule has 2 atom stereocenters. The number of halogens is 1. The van der Waals surface area contributed by atoms with Crippen molar-refractivity contribution in [2.24, 2.45) is 5.92 Å². The van der Waals surface area contributed by atoms with E-state index >= 15 is 0 Å². The maximum atomic E-state index is 13.5. The van der Waals surface area contributed by atoms with Crippen molar-refractivity contribution in [2.75, 3.05) is 18.0 Å². The van der Waals surface area contributed by atoms with Gasteiger partial charge in [-0.25, -0.2) is 8.42 Å². The fraction of sp³-hybridized carbons (Fsp3) is 0.458. The smallest absolute Gasteiger partial charge is 0.243 e. The average Bonchev–Trinajstić information content (AvgIpc) is 3.01. The molecule has 0 radical (unpaired) electrons. The molecule has 2 heterocycles. The molecule has 0 aromatic heterocycles. The second-order valence-corrected chi connectivity index (χ2v) is 11.8. The molecule has 7 heteroatoms. The fourth-order valence-electron chi connectivity index (χ4n) is 5.20. The van der Waals surface area contributed by atoms with Crippen molar-refractivity contribution >= 4 is 37.5 Å². The molecule has 0 N–H and O–H groups in total. The summed E-state index contributed by atoms with van der Waals surface area (Å²) >= 11 is 3.51. The van der Waals surface area contributed by atoms with Gasteiger partial charge in [0.05, 0.1) is 10.8 Å². The monoisotopic (exact) mass is 504 g/mol. The van der Waals surface area contributed by atoms with Gasteiger partial charge in [-0.2, -0.15) is 4.31 Å². The Morgan fingerprint density at radius 3 is 2.45 bits per heavy atom. The van der Waals surface area contributed by atoms with Gasteiger partial charge in [0.2, 0.25) is 15.9 Å². The summed E-state index contributed by atoms with van der Waals surface area (Å²) in [5, 5.41) is 0. The van der Waals surface area contributed by atoms with Crippen molar-refractivity contribution in [1.29, 1.82) is 0 Å². The number of rotatable bonds is 3. The number of anilines is 1. The number of carbonyl (C=O) groups is 1. The summed E-state index contributed by atoms with van der Waals surface area (Å²) in [5.74, 6) is -0.294. The van der Waals surface area contributed by atoms with Crippen LogP contribution in [0.3, 0.4) is 0 Å². The van der Waals surface area contributed by atoms with Gasteiger partial charge in [-0.3, -0.25) is 4.79 Å². The highest BCUT2D eigenvalue weighted by atomic mass is 79.9. The topological polar surface area (TPSA) is 57.7 Å². The summed E-state index contributed by atoms with van der Waals surface area (Å²) in [6, 6.07) is 9.90. The molecule has 0 aliphatic carbocycles. The molecule has 1 fully saturated rings. The fourth-order valence-corrected chi connectivity index (χ4v) is 7.54. The first kappa shape index (κ1) is 22.5. The normalized spacial score (nSPS) is 21.9. The zero-order valence-electron chi connectivity index (χ0n) is 18.5. The highest BCUT2D eigenvalue weighted by Gasteiger charge is 2.39. The summed E-state index contributed by atoms with van der Waals surface area (Å²) in [4.78, 5) is 15.8. The largest absolute Gasteiger partial charge is 0.309 e. The molecule has 166 valence electrons. The second kappa shape index (κ2) is 8.34. The third kappa shape index (κ3) is 4.08. The van der Waals surface area contributed by atoms with E-state index in [2.05, 4.69) is 28.9 Å². The Kier molecular flexibility index (Phi) is 6.05. The predicted molar refractivity (Wildman–Crippen MR) is 127 cm³/mol. The zero-order chi connectivity index (χ0) is 22.5. The van der Waals surface area contributed by atoms with Crippen molar-refractivity contribution in [3.8, 4) is 0 Å². The van der Waals surface area contributed by atoms with Gasteiger partial charge in [0, 0.05) is 29.3 Å². The van der Waals surface area contributed by atoms with E-state index in [1.165, 1.54) is 4.31 Å². The Morgan fingerprint density at radius 2 is 1.77 bits per heavy atom. The number of benzene rings is 2. The molecule has 0 saturated carbocycles. The lowest BCUT2D eigenvalue weighted by molar-refractivity contribution is -0.123. The zero-order valence-corrected chi connectivity index (χ0v) is 20.9. The average molecular weight is 505 g/mol. The van der Waals surface area contributed by atoms with Gasteiger partial charge in [0.1, 0.15) is 0 Å². The molecular weight excluding hydrogens is 476 g/mol. The molecule has 0 spiro atoms. The van der Waals surface area contributed by atoms with Crippen LogP contribution in [0.4, 0.5) is 5.69 Å². The van der Waals surface area contributed by atoms with Gasteiger partial charge in [-0.15, -0.1) is 0 Å². The summed E-state index contributed by atoms with van der Waals surface area (Å²) in [7, 11) is -3.65. The van der Waals surface area contributed by atoms with Gasteiger partial charge in [0.15, 0.2) is 0 Å². The highest BCUT2D eigenvalue weighted by Crippen LogP contribution is 2.37. The van der Waals surface area contributed by atoms with E-state index in [-0.39, 0.29) is 24.4 Å². The minimum atomic E-state index is -3.65. The second-order valence-electron chi connectivity index (χ2n) is 8.96. The van der Waals surface area contributed by atoms with Crippen molar-refractivity contribution in [1.82, 2.24) is 4.31 Å². The van der Waals surface area contributed by atoms with Crippen LogP contribution >= 0.6 is 15.9 Å². The van der Waals surface area contributed by atoms with Gasteiger partial charge in [-0.1, -0.05) is 33.6 Å². The Bertz CT molecular complexity index is 1120. The van der Waals surface area contributed by atoms with E-state index in [1.54, 1.807) is 0 Å². The molecule has 0 bridgehead atoms. The third-order valence-electron chi connectivity index (χ3n) is 6.43. The molecule has 31 heavy (non-hydrogen) atoms. The van der Waals surface area contributed by atoms with E-state index in [9.17, 15) is 13.2 Å². The molecule has 1 amide bonds. The molecule has 2 aliphatic rings. The van der Waals surface area contributed by atoms with Crippen LogP contribution in [0.2, 0.25) is 0 Å². The van der Waals surface area contributed by atoms with Crippen molar-refractivity contribution < 1.29 is 13.2 Å². The summed E-state index contributed by atoms with van der Waals surface area (Å²) < 4.78 is 29.6. The van der Waals surface area contributed by atoms with Crippen LogP contribution in [0, 0.1) is 26.7 Å². The van der Waals surface area contributed by atoms with Crippen LogP contribution in [0.5, 0.6) is 0 Å². The Hall–Kier alpha value is -1.70. The van der Waals surface area contributed by atoms with E-state index in [4.69, 9.17) is 0 Å².